The number of guanidine groups is 1. The second-order valence-corrected chi connectivity index (χ2v) is 6.39. The van der Waals surface area contributed by atoms with Crippen molar-refractivity contribution in [1.29, 1.82) is 0 Å². The van der Waals surface area contributed by atoms with Crippen molar-refractivity contribution in [3.05, 3.63) is 53.1 Å². The minimum atomic E-state index is -4.74. The molecule has 0 amide bonds. The molecule has 2 unspecified atom stereocenters. The minimum absolute atomic E-state index is 0. The van der Waals surface area contributed by atoms with E-state index in [1.165, 1.54) is 19.2 Å². The summed E-state index contributed by atoms with van der Waals surface area (Å²) in [6, 6.07) is 10.9. The van der Waals surface area contributed by atoms with Crippen LogP contribution in [0.3, 0.4) is 0 Å². The van der Waals surface area contributed by atoms with Crippen LogP contribution >= 0.6 is 35.6 Å². The van der Waals surface area contributed by atoms with E-state index < -0.39 is 6.36 Å². The van der Waals surface area contributed by atoms with Crippen molar-refractivity contribution >= 4 is 47.2 Å². The summed E-state index contributed by atoms with van der Waals surface area (Å²) < 4.78 is 46.8. The van der Waals surface area contributed by atoms with Crippen LogP contribution in [-0.4, -0.2) is 25.5 Å². The van der Waals surface area contributed by atoms with E-state index in [4.69, 9.17) is 22.1 Å². The molecule has 0 aromatic heterocycles. The molecule has 3 N–H and O–H groups in total. The van der Waals surface area contributed by atoms with Crippen LogP contribution in [0, 0.1) is 0 Å². The summed E-state index contributed by atoms with van der Waals surface area (Å²) in [6.45, 7) is 0. The van der Waals surface area contributed by atoms with Crippen molar-refractivity contribution in [2.75, 3.05) is 12.4 Å². The molecule has 0 radical (unpaired) electrons. The first-order valence-electron chi connectivity index (χ1n) is 8.05. The number of nitrogens with zero attached hydrogens (tertiary/aromatic N) is 1. The maximum Gasteiger partial charge on any atom is 0.573 e. The van der Waals surface area contributed by atoms with Gasteiger partial charge in [0, 0.05) is 11.6 Å². The van der Waals surface area contributed by atoms with E-state index in [0.29, 0.717) is 28.4 Å². The van der Waals surface area contributed by atoms with Crippen LogP contribution in [0.2, 0.25) is 5.02 Å². The Morgan fingerprint density at radius 3 is 2.57 bits per heavy atom. The zero-order valence-electron chi connectivity index (χ0n) is 14.7. The second-order valence-electron chi connectivity index (χ2n) is 5.98. The molecule has 2 aromatic carbocycles. The maximum absolute atomic E-state index is 12.5. The van der Waals surface area contributed by atoms with E-state index >= 15 is 0 Å². The Bertz CT molecular complexity index is 864. The predicted octanol–water partition coefficient (Wildman–Crippen LogP) is 5.15. The smallest absolute Gasteiger partial charge is 0.495 e. The molecule has 0 spiro atoms. The molecule has 1 saturated carbocycles. The molecule has 1 fully saturated rings. The number of anilines is 1. The number of benzene rings is 2. The molecule has 28 heavy (non-hydrogen) atoms. The molecule has 0 saturated heterocycles. The number of para-hydroxylation sites is 1. The quantitative estimate of drug-likeness (QED) is 0.321. The van der Waals surface area contributed by atoms with Crippen molar-refractivity contribution in [3.8, 4) is 11.5 Å². The van der Waals surface area contributed by atoms with Crippen LogP contribution in [0.4, 0.5) is 18.9 Å². The van der Waals surface area contributed by atoms with Crippen molar-refractivity contribution in [1.82, 2.24) is 0 Å². The first kappa shape index (κ1) is 22.4. The third kappa shape index (κ3) is 5.81. The van der Waals surface area contributed by atoms with Crippen LogP contribution in [0.1, 0.15) is 17.9 Å². The zero-order valence-corrected chi connectivity index (χ0v) is 17.8. The number of nitrogens with two attached hydrogens (primary N) is 1. The molecule has 5 nitrogen and oxygen atoms in total. The second kappa shape index (κ2) is 9.08. The van der Waals surface area contributed by atoms with Gasteiger partial charge in [0.05, 0.1) is 18.2 Å². The molecule has 10 heteroatoms. The van der Waals surface area contributed by atoms with Gasteiger partial charge in [-0.2, -0.15) is 0 Å². The summed E-state index contributed by atoms with van der Waals surface area (Å²) in [5.41, 5.74) is 6.99. The summed E-state index contributed by atoms with van der Waals surface area (Å²) in [4.78, 5) is 4.32. The molecule has 3 rings (SSSR count). The van der Waals surface area contributed by atoms with Gasteiger partial charge in [0.15, 0.2) is 5.96 Å². The van der Waals surface area contributed by atoms with Gasteiger partial charge in [-0.25, -0.2) is 4.99 Å². The Balaban J connectivity index is 0.00000280. The van der Waals surface area contributed by atoms with Gasteiger partial charge < -0.3 is 20.5 Å². The average molecular weight is 528 g/mol. The van der Waals surface area contributed by atoms with Crippen LogP contribution in [0.5, 0.6) is 11.5 Å². The Morgan fingerprint density at radius 2 is 1.93 bits per heavy atom. The fourth-order valence-electron chi connectivity index (χ4n) is 2.77. The van der Waals surface area contributed by atoms with E-state index in [-0.39, 0.29) is 47.6 Å². The first-order valence-corrected chi connectivity index (χ1v) is 8.43. The highest BCUT2D eigenvalue weighted by molar-refractivity contribution is 14.0. The lowest BCUT2D eigenvalue weighted by Crippen LogP contribution is -2.23. The van der Waals surface area contributed by atoms with Gasteiger partial charge in [-0.1, -0.05) is 29.8 Å². The number of alkyl halides is 3. The SMILES string of the molecule is COc1ccc(NC(N)=NC2CC2c2ccccc2OC(F)(F)F)cc1Cl.I. The molecule has 0 aliphatic heterocycles. The van der Waals surface area contributed by atoms with Crippen molar-refractivity contribution in [2.45, 2.75) is 24.7 Å². The van der Waals surface area contributed by atoms with Gasteiger partial charge in [0.1, 0.15) is 11.5 Å². The summed E-state index contributed by atoms with van der Waals surface area (Å²) >= 11 is 6.05. The Kier molecular flexibility index (Phi) is 7.27. The van der Waals surface area contributed by atoms with E-state index in [9.17, 15) is 13.2 Å². The van der Waals surface area contributed by atoms with Crippen molar-refractivity contribution < 1.29 is 22.6 Å². The lowest BCUT2D eigenvalue weighted by Gasteiger charge is -2.12. The number of aliphatic imine (C=N–C) groups is 1. The molecule has 1 aliphatic rings. The highest BCUT2D eigenvalue weighted by atomic mass is 127. The lowest BCUT2D eigenvalue weighted by atomic mass is 10.1. The number of methoxy groups -OCH3 is 1. The fraction of sp³-hybridized carbons (Fsp3) is 0.278. The third-order valence-corrected chi connectivity index (χ3v) is 4.33. The van der Waals surface area contributed by atoms with Gasteiger partial charge in [0.2, 0.25) is 0 Å². The lowest BCUT2D eigenvalue weighted by molar-refractivity contribution is -0.274. The summed E-state index contributed by atoms with van der Waals surface area (Å²) in [5.74, 6) is 0.295. The Hall–Kier alpha value is -1.88. The number of rotatable bonds is 5. The Labute approximate surface area is 182 Å². The van der Waals surface area contributed by atoms with E-state index in [1.807, 2.05) is 0 Å². The van der Waals surface area contributed by atoms with E-state index in [0.717, 1.165) is 0 Å². The van der Waals surface area contributed by atoms with Gasteiger partial charge in [-0.05, 0) is 36.2 Å². The average Bonchev–Trinajstić information content (AvgIpc) is 3.32. The van der Waals surface area contributed by atoms with Crippen LogP contribution in [-0.2, 0) is 0 Å². The van der Waals surface area contributed by atoms with Crippen molar-refractivity contribution in [3.63, 3.8) is 0 Å². The van der Waals surface area contributed by atoms with Crippen LogP contribution < -0.4 is 20.5 Å². The monoisotopic (exact) mass is 527 g/mol. The summed E-state index contributed by atoms with van der Waals surface area (Å²) in [7, 11) is 1.51. The molecular weight excluding hydrogens is 510 g/mol. The topological polar surface area (TPSA) is 68.9 Å². The first-order chi connectivity index (χ1) is 12.8. The molecule has 2 atom stereocenters. The number of hydrogen-bond acceptors (Lipinski definition) is 3. The van der Waals surface area contributed by atoms with Crippen molar-refractivity contribution in [2.24, 2.45) is 10.7 Å². The van der Waals surface area contributed by atoms with E-state index in [2.05, 4.69) is 15.0 Å². The summed E-state index contributed by atoms with van der Waals surface area (Å²) in [5, 5.41) is 3.32. The summed E-state index contributed by atoms with van der Waals surface area (Å²) in [6.07, 6.45) is -4.15. The third-order valence-electron chi connectivity index (χ3n) is 4.03. The normalized spacial score (nSPS) is 18.8. The highest BCUT2D eigenvalue weighted by Gasteiger charge is 2.42. The maximum atomic E-state index is 12.5. The molecular formula is C18H18ClF3IN3O2. The Morgan fingerprint density at radius 1 is 1.21 bits per heavy atom. The molecule has 0 bridgehead atoms. The number of ether oxygens (including phenoxy) is 2. The molecule has 152 valence electrons. The number of nitrogens with one attached hydrogen (secondary N) is 1. The number of halogens is 5. The standard InChI is InChI=1S/C18H17ClF3N3O2.HI/c1-26-16-7-6-10(8-13(16)19)24-17(23)25-14-9-12(14)11-4-2-3-5-15(11)27-18(20,21)22;/h2-8,12,14H,9H2,1H3,(H3,23,24,25);1H. The fourth-order valence-corrected chi connectivity index (χ4v) is 3.02. The molecule has 2 aromatic rings. The zero-order chi connectivity index (χ0) is 19.6. The largest absolute Gasteiger partial charge is 0.573 e. The van der Waals surface area contributed by atoms with Gasteiger partial charge in [0.25, 0.3) is 0 Å². The minimum Gasteiger partial charge on any atom is -0.495 e. The van der Waals surface area contributed by atoms with Gasteiger partial charge in [-0.3, -0.25) is 0 Å². The molecule has 1 aliphatic carbocycles. The predicted molar refractivity (Wildman–Crippen MR) is 113 cm³/mol. The van der Waals surface area contributed by atoms with Crippen LogP contribution in [0.15, 0.2) is 47.5 Å². The van der Waals surface area contributed by atoms with Gasteiger partial charge in [-0.15, -0.1) is 37.1 Å². The highest BCUT2D eigenvalue weighted by Crippen LogP contribution is 2.47. The molecule has 0 heterocycles. The van der Waals surface area contributed by atoms with E-state index in [1.54, 1.807) is 30.3 Å². The van der Waals surface area contributed by atoms with Crippen LogP contribution in [0.25, 0.3) is 0 Å². The number of hydrogen-bond donors (Lipinski definition) is 2. The van der Waals surface area contributed by atoms with Gasteiger partial charge >= 0.3 is 6.36 Å².